The summed E-state index contributed by atoms with van der Waals surface area (Å²) in [4.78, 5) is 6.86. The second kappa shape index (κ2) is 6.89. The highest BCUT2D eigenvalue weighted by atomic mass is 16.5. The molecule has 0 saturated heterocycles. The first-order valence-electron chi connectivity index (χ1n) is 7.49. The Morgan fingerprint density at radius 3 is 2.85 bits per heavy atom. The standard InChI is InChI=1S/C17H26N2O/c1-13-8-9-17(18-11-13)15-6-5-7-16(10-15)20-12-14(2)19(3)4/h5-7,10,13-14H,8-9,11-12H2,1-4H3/t13-,14?/m0/s1. The minimum Gasteiger partial charge on any atom is -0.492 e. The van der Waals surface area contributed by atoms with Gasteiger partial charge in [-0.2, -0.15) is 0 Å². The van der Waals surface area contributed by atoms with E-state index in [1.165, 1.54) is 17.7 Å². The first-order chi connectivity index (χ1) is 9.56. The van der Waals surface area contributed by atoms with Crippen molar-refractivity contribution in [2.45, 2.75) is 32.7 Å². The Kier molecular flexibility index (Phi) is 5.18. The van der Waals surface area contributed by atoms with Crippen LogP contribution in [0.15, 0.2) is 29.3 Å². The lowest BCUT2D eigenvalue weighted by Crippen LogP contribution is -2.30. The highest BCUT2D eigenvalue weighted by molar-refractivity contribution is 6.01. The second-order valence-electron chi connectivity index (χ2n) is 6.08. The molecule has 20 heavy (non-hydrogen) atoms. The summed E-state index contributed by atoms with van der Waals surface area (Å²) in [6.07, 6.45) is 2.32. The van der Waals surface area contributed by atoms with E-state index in [1.54, 1.807) is 0 Å². The van der Waals surface area contributed by atoms with Gasteiger partial charge in [0.25, 0.3) is 0 Å². The van der Waals surface area contributed by atoms with Crippen LogP contribution in [0.1, 0.15) is 32.3 Å². The number of aliphatic imine (C=N–C) groups is 1. The van der Waals surface area contributed by atoms with Crippen molar-refractivity contribution < 1.29 is 4.74 Å². The summed E-state index contributed by atoms with van der Waals surface area (Å²) < 4.78 is 5.89. The fourth-order valence-electron chi connectivity index (χ4n) is 2.19. The van der Waals surface area contributed by atoms with E-state index < -0.39 is 0 Å². The minimum atomic E-state index is 0.409. The van der Waals surface area contributed by atoms with Gasteiger partial charge in [-0.15, -0.1) is 0 Å². The molecule has 1 aliphatic rings. The van der Waals surface area contributed by atoms with Gasteiger partial charge < -0.3 is 9.64 Å². The van der Waals surface area contributed by atoms with Crippen molar-refractivity contribution in [1.29, 1.82) is 0 Å². The molecule has 0 spiro atoms. The number of likely N-dealkylation sites (N-methyl/N-ethyl adjacent to an activating group) is 1. The van der Waals surface area contributed by atoms with Crippen LogP contribution < -0.4 is 4.74 Å². The zero-order chi connectivity index (χ0) is 14.5. The van der Waals surface area contributed by atoms with Gasteiger partial charge in [0.2, 0.25) is 0 Å². The molecule has 0 fully saturated rings. The minimum absolute atomic E-state index is 0.409. The average molecular weight is 274 g/mol. The van der Waals surface area contributed by atoms with Crippen molar-refractivity contribution in [3.05, 3.63) is 29.8 Å². The molecule has 3 heteroatoms. The van der Waals surface area contributed by atoms with E-state index in [9.17, 15) is 0 Å². The number of nitrogens with zero attached hydrogens (tertiary/aromatic N) is 2. The van der Waals surface area contributed by atoms with Crippen LogP contribution in [-0.4, -0.2) is 43.9 Å². The Hall–Kier alpha value is -1.35. The van der Waals surface area contributed by atoms with Crippen LogP contribution in [0.3, 0.4) is 0 Å². The predicted molar refractivity (Wildman–Crippen MR) is 84.9 cm³/mol. The molecule has 0 bridgehead atoms. The van der Waals surface area contributed by atoms with Gasteiger partial charge in [0.1, 0.15) is 12.4 Å². The average Bonchev–Trinajstić information content (AvgIpc) is 2.45. The highest BCUT2D eigenvalue weighted by Crippen LogP contribution is 2.21. The maximum absolute atomic E-state index is 5.89. The third kappa shape index (κ3) is 4.07. The molecule has 0 aliphatic carbocycles. The summed E-state index contributed by atoms with van der Waals surface area (Å²) >= 11 is 0. The molecule has 0 aromatic heterocycles. The Bertz CT molecular complexity index is 468. The summed E-state index contributed by atoms with van der Waals surface area (Å²) in [7, 11) is 4.14. The zero-order valence-electron chi connectivity index (χ0n) is 13.1. The molecular formula is C17H26N2O. The summed E-state index contributed by atoms with van der Waals surface area (Å²) in [6.45, 7) is 6.09. The van der Waals surface area contributed by atoms with Gasteiger partial charge >= 0.3 is 0 Å². The SMILES string of the molecule is CC(COc1cccc(C2=NC[C@@H](C)CC2)c1)N(C)C. The Balaban J connectivity index is 2.01. The van der Waals surface area contributed by atoms with E-state index in [2.05, 4.69) is 51.0 Å². The van der Waals surface area contributed by atoms with Gasteiger partial charge in [0, 0.05) is 18.3 Å². The fourth-order valence-corrected chi connectivity index (χ4v) is 2.19. The molecule has 0 amide bonds. The number of ether oxygens (including phenoxy) is 1. The second-order valence-corrected chi connectivity index (χ2v) is 6.08. The lowest BCUT2D eigenvalue weighted by molar-refractivity contribution is 0.198. The van der Waals surface area contributed by atoms with Gasteiger partial charge in [0.05, 0.1) is 0 Å². The smallest absolute Gasteiger partial charge is 0.120 e. The van der Waals surface area contributed by atoms with E-state index in [4.69, 9.17) is 9.73 Å². The number of rotatable bonds is 5. The van der Waals surface area contributed by atoms with Gasteiger partial charge in [-0.1, -0.05) is 19.1 Å². The molecule has 0 radical (unpaired) electrons. The van der Waals surface area contributed by atoms with Crippen molar-refractivity contribution >= 4 is 5.71 Å². The molecule has 0 N–H and O–H groups in total. The van der Waals surface area contributed by atoms with Gasteiger partial charge in [-0.3, -0.25) is 4.99 Å². The van der Waals surface area contributed by atoms with Crippen LogP contribution in [0.2, 0.25) is 0 Å². The van der Waals surface area contributed by atoms with E-state index in [-0.39, 0.29) is 0 Å². The van der Waals surface area contributed by atoms with Crippen molar-refractivity contribution in [2.24, 2.45) is 10.9 Å². The van der Waals surface area contributed by atoms with Crippen LogP contribution in [0.5, 0.6) is 5.75 Å². The van der Waals surface area contributed by atoms with E-state index >= 15 is 0 Å². The Morgan fingerprint density at radius 2 is 2.20 bits per heavy atom. The van der Waals surface area contributed by atoms with Crippen LogP contribution in [0.4, 0.5) is 0 Å². The monoisotopic (exact) mass is 274 g/mol. The number of benzene rings is 1. The molecule has 1 heterocycles. The summed E-state index contributed by atoms with van der Waals surface area (Å²) in [5.74, 6) is 1.66. The topological polar surface area (TPSA) is 24.8 Å². The van der Waals surface area contributed by atoms with Crippen molar-refractivity contribution in [2.75, 3.05) is 27.2 Å². The molecular weight excluding hydrogens is 248 g/mol. The molecule has 3 nitrogen and oxygen atoms in total. The number of hydrogen-bond donors (Lipinski definition) is 0. The van der Waals surface area contributed by atoms with Gasteiger partial charge in [0.15, 0.2) is 0 Å². The van der Waals surface area contributed by atoms with Crippen LogP contribution in [0.25, 0.3) is 0 Å². The third-order valence-corrected chi connectivity index (χ3v) is 4.01. The molecule has 1 aromatic carbocycles. The third-order valence-electron chi connectivity index (χ3n) is 4.01. The van der Waals surface area contributed by atoms with Gasteiger partial charge in [-0.05, 0) is 57.5 Å². The Morgan fingerprint density at radius 1 is 1.40 bits per heavy atom. The van der Waals surface area contributed by atoms with Crippen molar-refractivity contribution in [3.63, 3.8) is 0 Å². The summed E-state index contributed by atoms with van der Waals surface area (Å²) in [5, 5.41) is 0. The van der Waals surface area contributed by atoms with Crippen molar-refractivity contribution in [1.82, 2.24) is 4.90 Å². The lowest BCUT2D eigenvalue weighted by Gasteiger charge is -2.21. The molecule has 1 unspecified atom stereocenters. The molecule has 2 atom stereocenters. The quantitative estimate of drug-likeness (QED) is 0.823. The maximum Gasteiger partial charge on any atom is 0.120 e. The lowest BCUT2D eigenvalue weighted by atomic mass is 9.96. The fraction of sp³-hybridized carbons (Fsp3) is 0.588. The van der Waals surface area contributed by atoms with E-state index in [1.807, 2.05) is 6.07 Å². The van der Waals surface area contributed by atoms with E-state index in [0.29, 0.717) is 12.6 Å². The van der Waals surface area contributed by atoms with Crippen LogP contribution in [0, 0.1) is 5.92 Å². The highest BCUT2D eigenvalue weighted by Gasteiger charge is 2.13. The maximum atomic E-state index is 5.89. The number of hydrogen-bond acceptors (Lipinski definition) is 3. The van der Waals surface area contributed by atoms with Crippen LogP contribution >= 0.6 is 0 Å². The largest absolute Gasteiger partial charge is 0.492 e. The first-order valence-corrected chi connectivity index (χ1v) is 7.49. The molecule has 1 aromatic rings. The zero-order valence-corrected chi connectivity index (χ0v) is 13.1. The first kappa shape index (κ1) is 15.0. The molecule has 2 rings (SSSR count). The summed E-state index contributed by atoms with van der Waals surface area (Å²) in [6, 6.07) is 8.75. The normalized spacial score (nSPS) is 20.6. The van der Waals surface area contributed by atoms with E-state index in [0.717, 1.165) is 24.6 Å². The van der Waals surface area contributed by atoms with Gasteiger partial charge in [-0.25, -0.2) is 0 Å². The van der Waals surface area contributed by atoms with Crippen molar-refractivity contribution in [3.8, 4) is 5.75 Å². The molecule has 1 aliphatic heterocycles. The molecule has 110 valence electrons. The Labute approximate surface area is 122 Å². The predicted octanol–water partition coefficient (Wildman–Crippen LogP) is 3.23. The molecule has 0 saturated carbocycles. The summed E-state index contributed by atoms with van der Waals surface area (Å²) in [5.41, 5.74) is 2.45. The van der Waals surface area contributed by atoms with Crippen LogP contribution in [-0.2, 0) is 0 Å².